The Hall–Kier alpha value is -0.770. The summed E-state index contributed by atoms with van der Waals surface area (Å²) in [7, 11) is 0. The molecule has 4 heteroatoms. The van der Waals surface area contributed by atoms with E-state index >= 15 is 0 Å². The zero-order valence-corrected chi connectivity index (χ0v) is 10.8. The van der Waals surface area contributed by atoms with Crippen molar-refractivity contribution in [2.75, 3.05) is 0 Å². The van der Waals surface area contributed by atoms with Gasteiger partial charge in [-0.1, -0.05) is 15.9 Å². The quantitative estimate of drug-likeness (QED) is 0.857. The Kier molecular flexibility index (Phi) is 3.97. The highest BCUT2D eigenvalue weighted by Gasteiger charge is 2.24. The summed E-state index contributed by atoms with van der Waals surface area (Å²) in [6, 6.07) is 3.82. The molecule has 0 aliphatic heterocycles. The summed E-state index contributed by atoms with van der Waals surface area (Å²) in [6.45, 7) is 5.60. The molecule has 0 aromatic carbocycles. The van der Waals surface area contributed by atoms with Gasteiger partial charge in [0, 0.05) is 12.5 Å². The lowest BCUT2D eigenvalue weighted by atomic mass is 10.1. The summed E-state index contributed by atoms with van der Waals surface area (Å²) < 4.78 is 4.68. The summed E-state index contributed by atoms with van der Waals surface area (Å²) in [6.07, 6.45) is 2.35. The fraction of sp³-hybridized carbons (Fsp3) is 0.545. The second kappa shape index (κ2) is 4.84. The molecule has 0 bridgehead atoms. The Balaban J connectivity index is 2.43. The number of hydrogen-bond donors (Lipinski definition) is 1. The largest absolute Gasteiger partial charge is 0.469 e. The molecule has 1 aromatic rings. The van der Waals surface area contributed by atoms with Gasteiger partial charge in [-0.2, -0.15) is 0 Å². The van der Waals surface area contributed by atoms with Crippen LogP contribution in [0.15, 0.2) is 22.8 Å². The lowest BCUT2D eigenvalue weighted by Crippen LogP contribution is -2.43. The van der Waals surface area contributed by atoms with Gasteiger partial charge in [0.2, 0.25) is 5.91 Å². The molecule has 1 aromatic heterocycles. The smallest absolute Gasteiger partial charge is 0.236 e. The fourth-order valence-corrected chi connectivity index (χ4v) is 1.29. The van der Waals surface area contributed by atoms with Gasteiger partial charge in [0.1, 0.15) is 5.76 Å². The van der Waals surface area contributed by atoms with Gasteiger partial charge in [-0.05, 0) is 32.9 Å². The molecule has 3 nitrogen and oxygen atoms in total. The second-order valence-electron chi connectivity index (χ2n) is 4.13. The van der Waals surface area contributed by atoms with Crippen LogP contribution in [0.3, 0.4) is 0 Å². The van der Waals surface area contributed by atoms with Gasteiger partial charge in [0.15, 0.2) is 0 Å². The van der Waals surface area contributed by atoms with Crippen LogP contribution < -0.4 is 5.32 Å². The highest BCUT2D eigenvalue weighted by molar-refractivity contribution is 9.10. The Bertz CT molecular complexity index is 314. The molecule has 0 saturated heterocycles. The van der Waals surface area contributed by atoms with E-state index in [1.54, 1.807) is 6.26 Å². The second-order valence-corrected chi connectivity index (χ2v) is 6.11. The molecular formula is C11H16BrNO2. The van der Waals surface area contributed by atoms with Gasteiger partial charge in [-0.15, -0.1) is 0 Å². The first-order chi connectivity index (χ1) is 6.89. The first-order valence-corrected chi connectivity index (χ1v) is 5.71. The van der Waals surface area contributed by atoms with Crippen LogP contribution >= 0.6 is 15.9 Å². The minimum Gasteiger partial charge on any atom is -0.469 e. The maximum absolute atomic E-state index is 11.6. The van der Waals surface area contributed by atoms with Gasteiger partial charge in [0.05, 0.1) is 10.6 Å². The normalized spacial score (nSPS) is 13.6. The van der Waals surface area contributed by atoms with Crippen molar-refractivity contribution < 1.29 is 9.21 Å². The van der Waals surface area contributed by atoms with Crippen LogP contribution in [0.25, 0.3) is 0 Å². The van der Waals surface area contributed by atoms with Crippen LogP contribution in [0, 0.1) is 0 Å². The zero-order valence-electron chi connectivity index (χ0n) is 9.21. The monoisotopic (exact) mass is 273 g/mol. The van der Waals surface area contributed by atoms with Crippen molar-refractivity contribution in [3.05, 3.63) is 24.2 Å². The highest BCUT2D eigenvalue weighted by Crippen LogP contribution is 2.16. The first-order valence-electron chi connectivity index (χ1n) is 4.92. The van der Waals surface area contributed by atoms with Crippen molar-refractivity contribution in [1.29, 1.82) is 0 Å². The fourth-order valence-electron chi connectivity index (χ4n) is 1.18. The first kappa shape index (κ1) is 12.3. The van der Waals surface area contributed by atoms with Gasteiger partial charge in [-0.3, -0.25) is 4.79 Å². The van der Waals surface area contributed by atoms with E-state index in [1.807, 2.05) is 32.9 Å². The van der Waals surface area contributed by atoms with Crippen LogP contribution in [-0.4, -0.2) is 16.3 Å². The van der Waals surface area contributed by atoms with E-state index in [1.165, 1.54) is 0 Å². The lowest BCUT2D eigenvalue weighted by Gasteiger charge is -2.19. The average molecular weight is 274 g/mol. The molecule has 84 valence electrons. The minimum atomic E-state index is -0.523. The van der Waals surface area contributed by atoms with E-state index < -0.39 is 4.32 Å². The molecule has 0 fully saturated rings. The van der Waals surface area contributed by atoms with Crippen molar-refractivity contribution in [2.24, 2.45) is 0 Å². The predicted molar refractivity (Wildman–Crippen MR) is 63.0 cm³/mol. The summed E-state index contributed by atoms with van der Waals surface area (Å²) >= 11 is 3.31. The van der Waals surface area contributed by atoms with Crippen LogP contribution in [0.4, 0.5) is 0 Å². The summed E-state index contributed by atoms with van der Waals surface area (Å²) in [5.74, 6) is 0.872. The van der Waals surface area contributed by atoms with Crippen LogP contribution in [-0.2, 0) is 11.2 Å². The summed E-state index contributed by atoms with van der Waals surface area (Å²) in [5, 5.41) is 2.91. The van der Waals surface area contributed by atoms with E-state index in [9.17, 15) is 4.79 Å². The summed E-state index contributed by atoms with van der Waals surface area (Å²) in [5.41, 5.74) is 0. The number of amides is 1. The average Bonchev–Trinajstić information content (AvgIpc) is 2.54. The number of nitrogens with one attached hydrogen (secondary N) is 1. The molecule has 0 spiro atoms. The standard InChI is InChI=1S/C11H16BrNO2/c1-8(7-9-5-4-6-15-9)13-10(14)11(2,3)12/h4-6,8H,7H2,1-3H3,(H,13,14). The van der Waals surface area contributed by atoms with Crippen molar-refractivity contribution in [2.45, 2.75) is 37.6 Å². The maximum atomic E-state index is 11.6. The molecule has 1 N–H and O–H groups in total. The van der Waals surface area contributed by atoms with E-state index in [-0.39, 0.29) is 11.9 Å². The van der Waals surface area contributed by atoms with Crippen molar-refractivity contribution in [3.8, 4) is 0 Å². The number of carbonyl (C=O) groups is 1. The number of rotatable bonds is 4. The molecule has 1 atom stereocenters. The Morgan fingerprint density at radius 3 is 2.80 bits per heavy atom. The Morgan fingerprint density at radius 1 is 1.67 bits per heavy atom. The molecule has 15 heavy (non-hydrogen) atoms. The van der Waals surface area contributed by atoms with Crippen LogP contribution in [0.2, 0.25) is 0 Å². The molecule has 1 rings (SSSR count). The molecule has 1 unspecified atom stereocenters. The molecule has 0 aliphatic carbocycles. The van der Waals surface area contributed by atoms with E-state index in [2.05, 4.69) is 21.2 Å². The van der Waals surface area contributed by atoms with E-state index in [0.717, 1.165) is 5.76 Å². The van der Waals surface area contributed by atoms with E-state index in [4.69, 9.17) is 4.42 Å². The number of alkyl halides is 1. The van der Waals surface area contributed by atoms with Crippen molar-refractivity contribution in [3.63, 3.8) is 0 Å². The van der Waals surface area contributed by atoms with Crippen LogP contribution in [0.1, 0.15) is 26.5 Å². The van der Waals surface area contributed by atoms with Crippen molar-refractivity contribution >= 4 is 21.8 Å². The van der Waals surface area contributed by atoms with Gasteiger partial charge >= 0.3 is 0 Å². The molecule has 0 radical (unpaired) electrons. The molecule has 1 amide bonds. The van der Waals surface area contributed by atoms with Gasteiger partial charge < -0.3 is 9.73 Å². The molecular weight excluding hydrogens is 258 g/mol. The maximum Gasteiger partial charge on any atom is 0.236 e. The number of halogens is 1. The SMILES string of the molecule is CC(Cc1ccco1)NC(=O)C(C)(C)Br. The third-order valence-electron chi connectivity index (χ3n) is 2.00. The highest BCUT2D eigenvalue weighted by atomic mass is 79.9. The number of furan rings is 1. The number of hydrogen-bond acceptors (Lipinski definition) is 2. The topological polar surface area (TPSA) is 42.2 Å². The van der Waals surface area contributed by atoms with Gasteiger partial charge in [-0.25, -0.2) is 0 Å². The van der Waals surface area contributed by atoms with E-state index in [0.29, 0.717) is 6.42 Å². The third-order valence-corrected chi connectivity index (χ3v) is 2.37. The van der Waals surface area contributed by atoms with Gasteiger partial charge in [0.25, 0.3) is 0 Å². The predicted octanol–water partition coefficient (Wildman–Crippen LogP) is 2.50. The zero-order chi connectivity index (χ0) is 11.5. The van der Waals surface area contributed by atoms with Crippen molar-refractivity contribution in [1.82, 2.24) is 5.32 Å². The Morgan fingerprint density at radius 2 is 2.33 bits per heavy atom. The number of carbonyl (C=O) groups excluding carboxylic acids is 1. The Labute approximate surface area is 98.4 Å². The minimum absolute atomic E-state index is 0.0124. The summed E-state index contributed by atoms with van der Waals surface area (Å²) in [4.78, 5) is 11.6. The molecule has 0 saturated carbocycles. The third kappa shape index (κ3) is 4.08. The molecule has 1 heterocycles. The molecule has 0 aliphatic rings. The lowest BCUT2D eigenvalue weighted by molar-refractivity contribution is -0.123. The van der Waals surface area contributed by atoms with Crippen LogP contribution in [0.5, 0.6) is 0 Å².